The van der Waals surface area contributed by atoms with E-state index in [4.69, 9.17) is 23.2 Å². The molecule has 0 radical (unpaired) electrons. The molecule has 3 nitrogen and oxygen atoms in total. The summed E-state index contributed by atoms with van der Waals surface area (Å²) < 4.78 is 0. The molecule has 0 unspecified atom stereocenters. The Bertz CT molecular complexity index is 701. The van der Waals surface area contributed by atoms with E-state index in [0.717, 1.165) is 22.2 Å². The van der Waals surface area contributed by atoms with Crippen LogP contribution in [0.4, 0.5) is 5.69 Å². The minimum Gasteiger partial charge on any atom is -0.380 e. The third-order valence-electron chi connectivity index (χ3n) is 2.89. The van der Waals surface area contributed by atoms with Crippen LogP contribution < -0.4 is 5.32 Å². The van der Waals surface area contributed by atoms with Crippen molar-refractivity contribution in [2.24, 2.45) is 0 Å². The highest BCUT2D eigenvalue weighted by molar-refractivity contribution is 6.34. The number of benzene rings is 2. The van der Waals surface area contributed by atoms with Crippen molar-refractivity contribution in [2.75, 3.05) is 5.32 Å². The number of H-pyrrole nitrogens is 1. The van der Waals surface area contributed by atoms with Gasteiger partial charge < -0.3 is 5.32 Å². The third kappa shape index (κ3) is 2.67. The molecular formula is C14H11Cl2N3. The van der Waals surface area contributed by atoms with Crippen LogP contribution in [0.3, 0.4) is 0 Å². The molecule has 0 aliphatic carbocycles. The summed E-state index contributed by atoms with van der Waals surface area (Å²) in [4.78, 5) is 0. The average molecular weight is 292 g/mol. The lowest BCUT2D eigenvalue weighted by molar-refractivity contribution is 1.12. The minimum absolute atomic E-state index is 0.644. The molecule has 3 rings (SSSR count). The van der Waals surface area contributed by atoms with E-state index in [1.165, 1.54) is 0 Å². The van der Waals surface area contributed by atoms with Gasteiger partial charge in [-0.15, -0.1) is 0 Å². The highest BCUT2D eigenvalue weighted by Gasteiger charge is 2.03. The molecule has 0 amide bonds. The fraction of sp³-hybridized carbons (Fsp3) is 0.0714. The third-order valence-corrected chi connectivity index (χ3v) is 3.33. The molecule has 0 bridgehead atoms. The van der Waals surface area contributed by atoms with Crippen molar-refractivity contribution in [1.82, 2.24) is 10.2 Å². The summed E-state index contributed by atoms with van der Waals surface area (Å²) in [7, 11) is 0. The molecule has 3 aromatic rings. The fourth-order valence-electron chi connectivity index (χ4n) is 2.03. The van der Waals surface area contributed by atoms with E-state index in [1.807, 2.05) is 36.5 Å². The number of nitrogens with zero attached hydrogens (tertiary/aromatic N) is 1. The van der Waals surface area contributed by atoms with E-state index in [9.17, 15) is 0 Å². The number of halogens is 2. The monoisotopic (exact) mass is 291 g/mol. The van der Waals surface area contributed by atoms with Gasteiger partial charge in [0.15, 0.2) is 0 Å². The molecule has 0 atom stereocenters. The van der Waals surface area contributed by atoms with Gasteiger partial charge in [0.1, 0.15) is 0 Å². The molecule has 19 heavy (non-hydrogen) atoms. The Morgan fingerprint density at radius 2 is 1.89 bits per heavy atom. The van der Waals surface area contributed by atoms with Crippen LogP contribution in [0, 0.1) is 0 Å². The van der Waals surface area contributed by atoms with Gasteiger partial charge in [-0.3, -0.25) is 5.10 Å². The molecule has 0 aliphatic rings. The van der Waals surface area contributed by atoms with Crippen LogP contribution in [-0.2, 0) is 6.54 Å². The highest BCUT2D eigenvalue weighted by atomic mass is 35.5. The van der Waals surface area contributed by atoms with Gasteiger partial charge >= 0.3 is 0 Å². The normalized spacial score (nSPS) is 10.8. The first-order valence-corrected chi connectivity index (χ1v) is 6.59. The summed E-state index contributed by atoms with van der Waals surface area (Å²) in [6, 6.07) is 11.5. The van der Waals surface area contributed by atoms with Crippen LogP contribution >= 0.6 is 23.2 Å². The second-order valence-electron chi connectivity index (χ2n) is 4.27. The first-order valence-electron chi connectivity index (χ1n) is 5.83. The van der Waals surface area contributed by atoms with Gasteiger partial charge in [-0.2, -0.15) is 5.10 Å². The molecule has 2 N–H and O–H groups in total. The maximum Gasteiger partial charge on any atom is 0.0671 e. The zero-order valence-electron chi connectivity index (χ0n) is 9.95. The van der Waals surface area contributed by atoms with E-state index < -0.39 is 0 Å². The predicted molar refractivity (Wildman–Crippen MR) is 79.9 cm³/mol. The fourth-order valence-corrected chi connectivity index (χ4v) is 2.60. The lowest BCUT2D eigenvalue weighted by atomic mass is 10.2. The zero-order chi connectivity index (χ0) is 13.2. The number of hydrogen-bond acceptors (Lipinski definition) is 2. The number of rotatable bonds is 3. The van der Waals surface area contributed by atoms with E-state index in [-0.39, 0.29) is 0 Å². The summed E-state index contributed by atoms with van der Waals surface area (Å²) in [5.74, 6) is 0. The standard InChI is InChI=1S/C14H11Cl2N3/c15-10-4-9(5-11(16)6-10)7-17-13-2-1-3-14-12(13)8-18-19-14/h1-6,8,17H,7H2,(H,18,19). The number of aromatic amines is 1. The average Bonchev–Trinajstić information content (AvgIpc) is 2.83. The van der Waals surface area contributed by atoms with E-state index in [2.05, 4.69) is 15.5 Å². The molecule has 0 fully saturated rings. The molecule has 0 aliphatic heterocycles. The van der Waals surface area contributed by atoms with Crippen LogP contribution in [0.25, 0.3) is 10.9 Å². The summed E-state index contributed by atoms with van der Waals surface area (Å²) in [6.45, 7) is 0.657. The molecule has 0 spiro atoms. The van der Waals surface area contributed by atoms with Crippen molar-refractivity contribution in [3.8, 4) is 0 Å². The number of hydrogen-bond donors (Lipinski definition) is 2. The van der Waals surface area contributed by atoms with Crippen LogP contribution in [0.5, 0.6) is 0 Å². The highest BCUT2D eigenvalue weighted by Crippen LogP contribution is 2.23. The van der Waals surface area contributed by atoms with Crippen molar-refractivity contribution in [1.29, 1.82) is 0 Å². The summed E-state index contributed by atoms with van der Waals surface area (Å²) in [5.41, 5.74) is 3.08. The number of nitrogens with one attached hydrogen (secondary N) is 2. The molecule has 1 heterocycles. The van der Waals surface area contributed by atoms with Crippen LogP contribution in [0.15, 0.2) is 42.6 Å². The number of fused-ring (bicyclic) bond motifs is 1. The second kappa shape index (κ2) is 5.11. The van der Waals surface area contributed by atoms with Crippen molar-refractivity contribution in [3.05, 3.63) is 58.2 Å². The van der Waals surface area contributed by atoms with E-state index in [1.54, 1.807) is 6.07 Å². The van der Waals surface area contributed by atoms with Crippen LogP contribution in [0.1, 0.15) is 5.56 Å². The molecular weight excluding hydrogens is 281 g/mol. The topological polar surface area (TPSA) is 40.7 Å². The van der Waals surface area contributed by atoms with E-state index >= 15 is 0 Å². The van der Waals surface area contributed by atoms with Gasteiger partial charge in [-0.05, 0) is 35.9 Å². The first-order chi connectivity index (χ1) is 9.22. The Morgan fingerprint density at radius 1 is 1.11 bits per heavy atom. The quantitative estimate of drug-likeness (QED) is 0.747. The molecule has 0 saturated heterocycles. The predicted octanol–water partition coefficient (Wildman–Crippen LogP) is 4.48. The molecule has 0 saturated carbocycles. The second-order valence-corrected chi connectivity index (χ2v) is 5.14. The van der Waals surface area contributed by atoms with Gasteiger partial charge in [0.25, 0.3) is 0 Å². The van der Waals surface area contributed by atoms with Gasteiger partial charge in [-0.1, -0.05) is 29.3 Å². The smallest absolute Gasteiger partial charge is 0.0671 e. The van der Waals surface area contributed by atoms with Crippen molar-refractivity contribution < 1.29 is 0 Å². The summed E-state index contributed by atoms with van der Waals surface area (Å²) in [5, 5.41) is 12.7. The Morgan fingerprint density at radius 3 is 2.68 bits per heavy atom. The van der Waals surface area contributed by atoms with Crippen LogP contribution in [0.2, 0.25) is 10.0 Å². The maximum atomic E-state index is 5.98. The van der Waals surface area contributed by atoms with Crippen molar-refractivity contribution >= 4 is 39.8 Å². The summed E-state index contributed by atoms with van der Waals surface area (Å²) in [6.07, 6.45) is 1.81. The Balaban J connectivity index is 1.84. The molecule has 1 aromatic heterocycles. The first kappa shape index (κ1) is 12.3. The largest absolute Gasteiger partial charge is 0.380 e. The van der Waals surface area contributed by atoms with E-state index in [0.29, 0.717) is 16.6 Å². The molecule has 96 valence electrons. The number of aromatic nitrogens is 2. The summed E-state index contributed by atoms with van der Waals surface area (Å²) >= 11 is 12.0. The Kier molecular flexibility index (Phi) is 3.32. The zero-order valence-corrected chi connectivity index (χ0v) is 11.5. The Hall–Kier alpha value is -1.71. The van der Waals surface area contributed by atoms with Gasteiger partial charge in [0.05, 0.1) is 11.7 Å². The van der Waals surface area contributed by atoms with Gasteiger partial charge in [-0.25, -0.2) is 0 Å². The minimum atomic E-state index is 0.644. The lowest BCUT2D eigenvalue weighted by Crippen LogP contribution is -1.99. The molecule has 5 heteroatoms. The van der Waals surface area contributed by atoms with Crippen LogP contribution in [-0.4, -0.2) is 10.2 Å². The van der Waals surface area contributed by atoms with Gasteiger partial charge in [0.2, 0.25) is 0 Å². The van der Waals surface area contributed by atoms with Crippen molar-refractivity contribution in [2.45, 2.75) is 6.54 Å². The molecule has 2 aromatic carbocycles. The SMILES string of the molecule is Clc1cc(Cl)cc(CNc2cccc3[nH]ncc23)c1. The Labute approximate surface area is 120 Å². The number of anilines is 1. The maximum absolute atomic E-state index is 5.98. The van der Waals surface area contributed by atoms with Crippen molar-refractivity contribution in [3.63, 3.8) is 0 Å². The lowest BCUT2D eigenvalue weighted by Gasteiger charge is -2.08. The van der Waals surface area contributed by atoms with Gasteiger partial charge in [0, 0.05) is 27.7 Å².